The van der Waals surface area contributed by atoms with Gasteiger partial charge < -0.3 is 5.32 Å². The highest BCUT2D eigenvalue weighted by Crippen LogP contribution is 2.32. The molecule has 1 fully saturated rings. The van der Waals surface area contributed by atoms with Crippen molar-refractivity contribution in [2.24, 2.45) is 0 Å². The molecule has 0 saturated carbocycles. The first-order valence-corrected chi connectivity index (χ1v) is 5.89. The predicted octanol–water partition coefficient (Wildman–Crippen LogP) is 3.11. The van der Waals surface area contributed by atoms with Crippen molar-refractivity contribution in [3.8, 4) is 0 Å². The van der Waals surface area contributed by atoms with Gasteiger partial charge in [-0.2, -0.15) is 0 Å². The molecule has 0 aliphatic carbocycles. The molecule has 1 aliphatic heterocycles. The molecule has 86 valence electrons. The SMILES string of the molecule is CC1(C)CC(=O)C[C@@H](c2ccccc2Cl)N1. The Hall–Kier alpha value is -0.860. The lowest BCUT2D eigenvalue weighted by molar-refractivity contribution is -0.122. The van der Waals surface area contributed by atoms with Crippen LogP contribution in [-0.4, -0.2) is 11.3 Å². The molecule has 1 heterocycles. The van der Waals surface area contributed by atoms with E-state index in [2.05, 4.69) is 5.32 Å². The lowest BCUT2D eigenvalue weighted by atomic mass is 9.85. The van der Waals surface area contributed by atoms with E-state index in [0.29, 0.717) is 18.6 Å². The fourth-order valence-electron chi connectivity index (χ4n) is 2.31. The number of Topliss-reactive ketones (excluding diaryl/α,β-unsaturated/α-hetero) is 1. The average molecular weight is 238 g/mol. The topological polar surface area (TPSA) is 29.1 Å². The summed E-state index contributed by atoms with van der Waals surface area (Å²) < 4.78 is 0. The highest BCUT2D eigenvalue weighted by atomic mass is 35.5. The number of rotatable bonds is 1. The molecular weight excluding hydrogens is 222 g/mol. The molecule has 0 radical (unpaired) electrons. The number of halogens is 1. The van der Waals surface area contributed by atoms with Crippen LogP contribution in [0.3, 0.4) is 0 Å². The third kappa shape index (κ3) is 2.45. The Morgan fingerprint density at radius 1 is 1.38 bits per heavy atom. The Morgan fingerprint density at radius 3 is 2.69 bits per heavy atom. The van der Waals surface area contributed by atoms with Crippen molar-refractivity contribution in [2.45, 2.75) is 38.3 Å². The van der Waals surface area contributed by atoms with Gasteiger partial charge in [-0.15, -0.1) is 0 Å². The van der Waals surface area contributed by atoms with Crippen LogP contribution in [0.2, 0.25) is 5.02 Å². The predicted molar refractivity (Wildman–Crippen MR) is 65.6 cm³/mol. The van der Waals surface area contributed by atoms with E-state index in [0.717, 1.165) is 10.6 Å². The van der Waals surface area contributed by atoms with Gasteiger partial charge in [-0.05, 0) is 25.5 Å². The van der Waals surface area contributed by atoms with Crippen molar-refractivity contribution >= 4 is 17.4 Å². The summed E-state index contributed by atoms with van der Waals surface area (Å²) in [5.74, 6) is 0.300. The number of ketones is 1. The largest absolute Gasteiger partial charge is 0.304 e. The fraction of sp³-hybridized carbons (Fsp3) is 0.462. The molecule has 2 nitrogen and oxygen atoms in total. The first-order valence-electron chi connectivity index (χ1n) is 5.52. The van der Waals surface area contributed by atoms with Crippen molar-refractivity contribution < 1.29 is 4.79 Å². The first-order chi connectivity index (χ1) is 7.48. The molecule has 1 atom stereocenters. The number of piperidine rings is 1. The van der Waals surface area contributed by atoms with Crippen molar-refractivity contribution in [3.05, 3.63) is 34.9 Å². The Bertz CT molecular complexity index is 414. The zero-order valence-corrected chi connectivity index (χ0v) is 10.3. The van der Waals surface area contributed by atoms with E-state index in [-0.39, 0.29) is 11.6 Å². The summed E-state index contributed by atoms with van der Waals surface area (Å²) in [6.45, 7) is 4.10. The van der Waals surface area contributed by atoms with E-state index in [1.54, 1.807) is 0 Å². The van der Waals surface area contributed by atoms with Crippen LogP contribution < -0.4 is 5.32 Å². The maximum absolute atomic E-state index is 11.7. The second kappa shape index (κ2) is 4.19. The summed E-state index contributed by atoms with van der Waals surface area (Å²) in [4.78, 5) is 11.7. The average Bonchev–Trinajstić information content (AvgIpc) is 2.15. The van der Waals surface area contributed by atoms with Gasteiger partial charge in [0.2, 0.25) is 0 Å². The molecule has 1 aromatic carbocycles. The number of hydrogen-bond acceptors (Lipinski definition) is 2. The maximum atomic E-state index is 11.7. The Kier molecular flexibility index (Phi) is 3.04. The van der Waals surface area contributed by atoms with Gasteiger partial charge in [0.1, 0.15) is 5.78 Å². The standard InChI is InChI=1S/C13H16ClNO/c1-13(2)8-9(16)7-12(15-13)10-5-3-4-6-11(10)14/h3-6,12,15H,7-8H2,1-2H3/t12-/m0/s1. The maximum Gasteiger partial charge on any atom is 0.136 e. The van der Waals surface area contributed by atoms with Gasteiger partial charge in [0.25, 0.3) is 0 Å². The van der Waals surface area contributed by atoms with Gasteiger partial charge in [0.05, 0.1) is 0 Å². The van der Waals surface area contributed by atoms with E-state index >= 15 is 0 Å². The first kappa shape index (κ1) is 11.6. The fourth-order valence-corrected chi connectivity index (χ4v) is 2.58. The van der Waals surface area contributed by atoms with E-state index in [1.807, 2.05) is 38.1 Å². The molecule has 0 spiro atoms. The summed E-state index contributed by atoms with van der Waals surface area (Å²) in [5.41, 5.74) is 0.879. The lowest BCUT2D eigenvalue weighted by Gasteiger charge is -2.36. The minimum atomic E-state index is -0.140. The van der Waals surface area contributed by atoms with Crippen molar-refractivity contribution in [2.75, 3.05) is 0 Å². The second-order valence-corrected chi connectivity index (χ2v) is 5.43. The molecule has 1 aromatic rings. The Balaban J connectivity index is 2.28. The molecule has 0 unspecified atom stereocenters. The van der Waals surface area contributed by atoms with Gasteiger partial charge >= 0.3 is 0 Å². The van der Waals surface area contributed by atoms with Gasteiger partial charge in [0.15, 0.2) is 0 Å². The van der Waals surface area contributed by atoms with Gasteiger partial charge in [-0.1, -0.05) is 29.8 Å². The van der Waals surface area contributed by atoms with Crippen LogP contribution in [-0.2, 0) is 4.79 Å². The van der Waals surface area contributed by atoms with Crippen molar-refractivity contribution in [1.29, 1.82) is 0 Å². The number of benzene rings is 1. The summed E-state index contributed by atoms with van der Waals surface area (Å²) in [7, 11) is 0. The van der Waals surface area contributed by atoms with Gasteiger partial charge in [-0.3, -0.25) is 4.79 Å². The van der Waals surface area contributed by atoms with Gasteiger partial charge in [0, 0.05) is 29.4 Å². The van der Waals surface area contributed by atoms with Crippen LogP contribution in [0.15, 0.2) is 24.3 Å². The van der Waals surface area contributed by atoms with Crippen molar-refractivity contribution in [1.82, 2.24) is 5.32 Å². The molecule has 0 bridgehead atoms. The molecule has 0 amide bonds. The second-order valence-electron chi connectivity index (χ2n) is 5.02. The molecule has 0 aromatic heterocycles. The van der Waals surface area contributed by atoms with Gasteiger partial charge in [-0.25, -0.2) is 0 Å². The molecule has 2 rings (SSSR count). The minimum Gasteiger partial charge on any atom is -0.304 e. The van der Waals surface area contributed by atoms with Crippen LogP contribution in [0.25, 0.3) is 0 Å². The van der Waals surface area contributed by atoms with E-state index in [4.69, 9.17) is 11.6 Å². The summed E-state index contributed by atoms with van der Waals surface area (Å²) in [6, 6.07) is 7.75. The third-order valence-corrected chi connectivity index (χ3v) is 3.26. The van der Waals surface area contributed by atoms with Crippen LogP contribution in [0.5, 0.6) is 0 Å². The number of carbonyl (C=O) groups is 1. The monoisotopic (exact) mass is 237 g/mol. The highest BCUT2D eigenvalue weighted by molar-refractivity contribution is 6.31. The minimum absolute atomic E-state index is 0.0462. The molecule has 1 N–H and O–H groups in total. The third-order valence-electron chi connectivity index (χ3n) is 2.92. The Labute approximate surface area is 101 Å². The summed E-state index contributed by atoms with van der Waals surface area (Å²) >= 11 is 6.15. The van der Waals surface area contributed by atoms with Crippen LogP contribution in [0, 0.1) is 0 Å². The molecule has 1 saturated heterocycles. The zero-order valence-electron chi connectivity index (χ0n) is 9.59. The molecule has 16 heavy (non-hydrogen) atoms. The normalized spacial score (nSPS) is 24.4. The van der Waals surface area contributed by atoms with E-state index in [1.165, 1.54) is 0 Å². The zero-order chi connectivity index (χ0) is 11.8. The quantitative estimate of drug-likeness (QED) is 0.813. The van der Waals surface area contributed by atoms with E-state index < -0.39 is 0 Å². The summed E-state index contributed by atoms with van der Waals surface area (Å²) in [5, 5.41) is 4.20. The number of hydrogen-bond donors (Lipinski definition) is 1. The molecule has 1 aliphatic rings. The van der Waals surface area contributed by atoms with Crippen LogP contribution in [0.1, 0.15) is 38.3 Å². The van der Waals surface area contributed by atoms with E-state index in [9.17, 15) is 4.79 Å². The Morgan fingerprint density at radius 2 is 2.06 bits per heavy atom. The summed E-state index contributed by atoms with van der Waals surface area (Å²) in [6.07, 6.45) is 1.13. The molecular formula is C13H16ClNO. The lowest BCUT2D eigenvalue weighted by Crippen LogP contribution is -2.48. The molecule has 3 heteroatoms. The number of carbonyl (C=O) groups excluding carboxylic acids is 1. The number of nitrogens with one attached hydrogen (secondary N) is 1. The highest BCUT2D eigenvalue weighted by Gasteiger charge is 2.33. The van der Waals surface area contributed by atoms with Crippen molar-refractivity contribution in [3.63, 3.8) is 0 Å². The van der Waals surface area contributed by atoms with Crippen LogP contribution in [0.4, 0.5) is 0 Å². The van der Waals surface area contributed by atoms with Crippen LogP contribution >= 0.6 is 11.6 Å². The smallest absolute Gasteiger partial charge is 0.136 e.